The molecule has 2 aromatic rings. The van der Waals surface area contributed by atoms with Crippen LogP contribution in [0.15, 0.2) is 54.1 Å². The molecule has 30 heavy (non-hydrogen) atoms. The highest BCUT2D eigenvalue weighted by molar-refractivity contribution is 6.30. The molecule has 2 aromatic carbocycles. The van der Waals surface area contributed by atoms with Crippen molar-refractivity contribution in [1.82, 2.24) is 4.90 Å². The van der Waals surface area contributed by atoms with Crippen molar-refractivity contribution in [3.05, 3.63) is 75.8 Å². The lowest BCUT2D eigenvalue weighted by molar-refractivity contribution is -0.133. The maximum Gasteiger partial charge on any atom is 0.223 e. The average molecular weight is 422 g/mol. The maximum absolute atomic E-state index is 13.3. The van der Waals surface area contributed by atoms with Crippen LogP contribution in [0.2, 0.25) is 5.02 Å². The van der Waals surface area contributed by atoms with E-state index in [0.29, 0.717) is 12.3 Å². The van der Waals surface area contributed by atoms with E-state index in [1.54, 1.807) is 0 Å². The van der Waals surface area contributed by atoms with Crippen molar-refractivity contribution in [2.75, 3.05) is 6.54 Å². The van der Waals surface area contributed by atoms with Crippen LogP contribution in [0.1, 0.15) is 81.0 Å². The molecule has 0 fully saturated rings. The first-order valence-electron chi connectivity index (χ1n) is 11.5. The molecular formula is C27H32ClNO. The molecule has 1 aliphatic carbocycles. The third-order valence-electron chi connectivity index (χ3n) is 6.61. The van der Waals surface area contributed by atoms with Gasteiger partial charge in [0.1, 0.15) is 0 Å². The van der Waals surface area contributed by atoms with Crippen molar-refractivity contribution in [1.29, 1.82) is 0 Å². The van der Waals surface area contributed by atoms with E-state index >= 15 is 0 Å². The third kappa shape index (κ3) is 4.49. The molecule has 0 aromatic heterocycles. The summed E-state index contributed by atoms with van der Waals surface area (Å²) in [7, 11) is 0. The zero-order valence-corrected chi connectivity index (χ0v) is 18.8. The van der Waals surface area contributed by atoms with E-state index in [2.05, 4.69) is 48.2 Å². The van der Waals surface area contributed by atoms with Crippen molar-refractivity contribution < 1.29 is 4.79 Å². The van der Waals surface area contributed by atoms with Crippen molar-refractivity contribution in [2.24, 2.45) is 0 Å². The number of fused-ring (bicyclic) bond motifs is 2. The van der Waals surface area contributed by atoms with Gasteiger partial charge in [-0.3, -0.25) is 4.79 Å². The van der Waals surface area contributed by atoms with Gasteiger partial charge in [0.15, 0.2) is 0 Å². The van der Waals surface area contributed by atoms with Gasteiger partial charge in [-0.1, -0.05) is 87.0 Å². The van der Waals surface area contributed by atoms with Gasteiger partial charge >= 0.3 is 0 Å². The van der Waals surface area contributed by atoms with E-state index in [9.17, 15) is 4.79 Å². The van der Waals surface area contributed by atoms with Gasteiger partial charge in [0.25, 0.3) is 0 Å². The topological polar surface area (TPSA) is 20.3 Å². The molecular weight excluding hydrogens is 390 g/mol. The fourth-order valence-electron chi connectivity index (χ4n) is 5.06. The summed E-state index contributed by atoms with van der Waals surface area (Å²) in [4.78, 5) is 15.4. The minimum Gasteiger partial charge on any atom is -0.332 e. The molecule has 2 nitrogen and oxygen atoms in total. The lowest BCUT2D eigenvalue weighted by atomic mass is 9.88. The molecule has 158 valence electrons. The van der Waals surface area contributed by atoms with Crippen LogP contribution in [0.5, 0.6) is 0 Å². The van der Waals surface area contributed by atoms with Gasteiger partial charge in [0, 0.05) is 18.0 Å². The molecule has 1 atom stereocenters. The SMILES string of the molecule is CCCCCCCCC(=O)N1CCC2=C(Cc3ccccc32)C1c1ccc(Cl)cc1. The average Bonchev–Trinajstić information content (AvgIpc) is 3.15. The number of halogens is 1. The summed E-state index contributed by atoms with van der Waals surface area (Å²) in [5.74, 6) is 0.299. The molecule has 0 spiro atoms. The number of hydrogen-bond acceptors (Lipinski definition) is 1. The number of nitrogens with zero attached hydrogens (tertiary/aromatic N) is 1. The monoisotopic (exact) mass is 421 g/mol. The fraction of sp³-hybridized carbons (Fsp3) is 0.444. The van der Waals surface area contributed by atoms with Crippen LogP contribution in [0.3, 0.4) is 0 Å². The van der Waals surface area contributed by atoms with Crippen LogP contribution in [0.25, 0.3) is 5.57 Å². The van der Waals surface area contributed by atoms with Gasteiger partial charge < -0.3 is 4.90 Å². The second-order valence-electron chi connectivity index (χ2n) is 8.65. The number of hydrogen-bond donors (Lipinski definition) is 0. The lowest BCUT2D eigenvalue weighted by Crippen LogP contribution is -2.39. The summed E-state index contributed by atoms with van der Waals surface area (Å²) in [6.07, 6.45) is 9.81. The smallest absolute Gasteiger partial charge is 0.223 e. The molecule has 0 N–H and O–H groups in total. The molecule has 0 saturated carbocycles. The highest BCUT2D eigenvalue weighted by Gasteiger charge is 2.37. The van der Waals surface area contributed by atoms with E-state index in [-0.39, 0.29) is 6.04 Å². The Morgan fingerprint density at radius 2 is 1.73 bits per heavy atom. The fourth-order valence-corrected chi connectivity index (χ4v) is 5.18. The number of carbonyl (C=O) groups excluding carboxylic acids is 1. The Morgan fingerprint density at radius 3 is 2.53 bits per heavy atom. The van der Waals surface area contributed by atoms with Gasteiger partial charge in [-0.15, -0.1) is 0 Å². The van der Waals surface area contributed by atoms with Crippen molar-refractivity contribution >= 4 is 23.1 Å². The van der Waals surface area contributed by atoms with Crippen molar-refractivity contribution in [3.8, 4) is 0 Å². The quantitative estimate of drug-likeness (QED) is 0.407. The molecule has 4 rings (SSSR count). The molecule has 0 bridgehead atoms. The van der Waals surface area contributed by atoms with E-state index in [1.807, 2.05) is 12.1 Å². The predicted molar refractivity (Wildman–Crippen MR) is 126 cm³/mol. The number of benzene rings is 2. The van der Waals surface area contributed by atoms with E-state index < -0.39 is 0 Å². The molecule has 0 saturated heterocycles. The molecule has 2 aliphatic rings. The van der Waals surface area contributed by atoms with E-state index in [1.165, 1.54) is 53.5 Å². The van der Waals surface area contributed by atoms with Crippen LogP contribution in [0.4, 0.5) is 0 Å². The maximum atomic E-state index is 13.3. The Balaban J connectivity index is 1.54. The molecule has 0 radical (unpaired) electrons. The molecule has 3 heteroatoms. The summed E-state index contributed by atoms with van der Waals surface area (Å²) >= 11 is 6.16. The van der Waals surface area contributed by atoms with Crippen molar-refractivity contribution in [2.45, 2.75) is 70.8 Å². The normalized spacial score (nSPS) is 17.8. The van der Waals surface area contributed by atoms with Gasteiger partial charge in [0.05, 0.1) is 6.04 Å². The Bertz CT molecular complexity index is 915. The minimum atomic E-state index is 0.0333. The highest BCUT2D eigenvalue weighted by Crippen LogP contribution is 2.46. The number of amides is 1. The first-order valence-corrected chi connectivity index (χ1v) is 11.9. The second-order valence-corrected chi connectivity index (χ2v) is 9.08. The summed E-state index contributed by atoms with van der Waals surface area (Å²) in [6, 6.07) is 16.8. The Labute approximate surface area is 185 Å². The number of unbranched alkanes of at least 4 members (excludes halogenated alkanes) is 5. The van der Waals surface area contributed by atoms with Crippen LogP contribution < -0.4 is 0 Å². The summed E-state index contributed by atoms with van der Waals surface area (Å²) < 4.78 is 0. The number of carbonyl (C=O) groups is 1. The van der Waals surface area contributed by atoms with Gasteiger partial charge in [0.2, 0.25) is 5.91 Å². The Morgan fingerprint density at radius 1 is 1.00 bits per heavy atom. The zero-order valence-electron chi connectivity index (χ0n) is 18.0. The van der Waals surface area contributed by atoms with Crippen LogP contribution in [-0.2, 0) is 11.2 Å². The van der Waals surface area contributed by atoms with Crippen molar-refractivity contribution in [3.63, 3.8) is 0 Å². The van der Waals surface area contributed by atoms with Crippen LogP contribution in [0, 0.1) is 0 Å². The summed E-state index contributed by atoms with van der Waals surface area (Å²) in [5, 5.41) is 0.739. The summed E-state index contributed by atoms with van der Waals surface area (Å²) in [5.41, 5.74) is 6.81. The van der Waals surface area contributed by atoms with E-state index in [4.69, 9.17) is 11.6 Å². The molecule has 1 aliphatic heterocycles. The lowest BCUT2D eigenvalue weighted by Gasteiger charge is -2.38. The van der Waals surface area contributed by atoms with Gasteiger partial charge in [-0.25, -0.2) is 0 Å². The first kappa shape index (κ1) is 21.2. The van der Waals surface area contributed by atoms with Crippen LogP contribution in [-0.4, -0.2) is 17.4 Å². The Kier molecular flexibility index (Phi) is 6.94. The first-order chi connectivity index (χ1) is 14.7. The molecule has 1 amide bonds. The molecule has 1 unspecified atom stereocenters. The largest absolute Gasteiger partial charge is 0.332 e. The van der Waals surface area contributed by atoms with Gasteiger partial charge in [-0.05, 0) is 59.2 Å². The highest BCUT2D eigenvalue weighted by atomic mass is 35.5. The van der Waals surface area contributed by atoms with E-state index in [0.717, 1.165) is 37.3 Å². The third-order valence-corrected chi connectivity index (χ3v) is 6.86. The molecule has 1 heterocycles. The zero-order chi connectivity index (χ0) is 20.9. The minimum absolute atomic E-state index is 0.0333. The standard InChI is InChI=1S/C27H32ClNO/c1-2-3-4-5-6-7-12-26(30)29-18-17-24-23-11-9-8-10-21(23)19-25(24)27(29)20-13-15-22(28)16-14-20/h8-11,13-16,27H,2-7,12,17-19H2,1H3. The number of rotatable bonds is 8. The van der Waals surface area contributed by atoms with Crippen LogP contribution >= 0.6 is 11.6 Å². The summed E-state index contributed by atoms with van der Waals surface area (Å²) in [6.45, 7) is 3.04. The Hall–Kier alpha value is -2.06. The predicted octanol–water partition coefficient (Wildman–Crippen LogP) is 7.37. The van der Waals surface area contributed by atoms with Gasteiger partial charge in [-0.2, -0.15) is 0 Å². The second kappa shape index (κ2) is 9.83.